The van der Waals surface area contributed by atoms with Gasteiger partial charge in [-0.05, 0) is 49.6 Å². The van der Waals surface area contributed by atoms with E-state index in [1.807, 2.05) is 32.0 Å². The summed E-state index contributed by atoms with van der Waals surface area (Å²) in [4.78, 5) is 32.7. The molecule has 0 unspecified atom stereocenters. The summed E-state index contributed by atoms with van der Waals surface area (Å²) in [5.41, 5.74) is 2.82. The summed E-state index contributed by atoms with van der Waals surface area (Å²) in [7, 11) is 0. The van der Waals surface area contributed by atoms with Gasteiger partial charge in [-0.2, -0.15) is 0 Å². The van der Waals surface area contributed by atoms with E-state index in [9.17, 15) is 9.59 Å². The van der Waals surface area contributed by atoms with Gasteiger partial charge < -0.3 is 14.5 Å². The molecule has 1 aromatic heterocycles. The molecule has 1 aromatic carbocycles. The van der Waals surface area contributed by atoms with Crippen molar-refractivity contribution < 1.29 is 14.3 Å². The van der Waals surface area contributed by atoms with Crippen molar-refractivity contribution in [2.24, 2.45) is 0 Å². The molecule has 0 N–H and O–H groups in total. The van der Waals surface area contributed by atoms with E-state index < -0.39 is 0 Å². The molecule has 0 radical (unpaired) electrons. The smallest absolute Gasteiger partial charge is 0.260 e. The molecule has 3 rings (SSSR count). The summed E-state index contributed by atoms with van der Waals surface area (Å²) in [6.45, 7) is 6.35. The average Bonchev–Trinajstić information content (AvgIpc) is 2.95. The molecule has 27 heavy (non-hydrogen) atoms. The van der Waals surface area contributed by atoms with Crippen LogP contribution in [-0.2, 0) is 4.79 Å². The zero-order chi connectivity index (χ0) is 19.2. The third-order valence-electron chi connectivity index (χ3n) is 4.97. The van der Waals surface area contributed by atoms with Crippen LogP contribution in [0, 0.1) is 13.8 Å². The number of hydrogen-bond acceptors (Lipinski definition) is 4. The minimum atomic E-state index is -0.0471. The number of aryl methyl sites for hydroxylation is 1. The van der Waals surface area contributed by atoms with Crippen LogP contribution >= 0.6 is 0 Å². The first-order valence-electron chi connectivity index (χ1n) is 9.22. The monoisotopic (exact) mass is 367 g/mol. The number of hydrogen-bond donors (Lipinski definition) is 0. The van der Waals surface area contributed by atoms with Crippen LogP contribution in [0.4, 0.5) is 0 Å². The van der Waals surface area contributed by atoms with Crippen molar-refractivity contribution in [2.45, 2.75) is 20.3 Å². The second-order valence-corrected chi connectivity index (χ2v) is 6.75. The van der Waals surface area contributed by atoms with Crippen LogP contribution in [-0.4, -0.2) is 59.4 Å². The molecule has 2 heterocycles. The molecule has 1 saturated heterocycles. The van der Waals surface area contributed by atoms with E-state index in [2.05, 4.69) is 4.98 Å². The van der Waals surface area contributed by atoms with Crippen LogP contribution in [0.5, 0.6) is 5.75 Å². The number of ether oxygens (including phenoxy) is 1. The minimum Gasteiger partial charge on any atom is -0.483 e. The Labute approximate surface area is 159 Å². The maximum atomic E-state index is 12.6. The van der Waals surface area contributed by atoms with Gasteiger partial charge in [0.2, 0.25) is 0 Å². The van der Waals surface area contributed by atoms with Gasteiger partial charge in [0.1, 0.15) is 5.75 Å². The Morgan fingerprint density at radius 1 is 1.00 bits per heavy atom. The molecule has 1 fully saturated rings. The Hall–Kier alpha value is -2.89. The molecule has 6 heteroatoms. The van der Waals surface area contributed by atoms with Crippen molar-refractivity contribution in [3.8, 4) is 5.75 Å². The largest absolute Gasteiger partial charge is 0.483 e. The summed E-state index contributed by atoms with van der Waals surface area (Å²) in [6.07, 6.45) is 3.99. The summed E-state index contributed by atoms with van der Waals surface area (Å²) >= 11 is 0. The maximum Gasteiger partial charge on any atom is 0.260 e. The quantitative estimate of drug-likeness (QED) is 0.833. The van der Waals surface area contributed by atoms with Crippen molar-refractivity contribution in [3.05, 3.63) is 59.4 Å². The van der Waals surface area contributed by atoms with Crippen LogP contribution in [0.15, 0.2) is 42.7 Å². The Morgan fingerprint density at radius 3 is 2.48 bits per heavy atom. The second-order valence-electron chi connectivity index (χ2n) is 6.75. The molecule has 0 spiro atoms. The van der Waals surface area contributed by atoms with E-state index in [-0.39, 0.29) is 18.4 Å². The fraction of sp³-hybridized carbons (Fsp3) is 0.381. The summed E-state index contributed by atoms with van der Waals surface area (Å²) in [5.74, 6) is 0.681. The van der Waals surface area contributed by atoms with Gasteiger partial charge in [-0.1, -0.05) is 12.1 Å². The van der Waals surface area contributed by atoms with Crippen LogP contribution in [0.1, 0.15) is 27.9 Å². The van der Waals surface area contributed by atoms with E-state index in [1.54, 1.807) is 34.3 Å². The number of amides is 2. The molecule has 1 aliphatic heterocycles. The molecule has 2 aromatic rings. The number of carbonyl (C=O) groups is 2. The molecule has 0 saturated carbocycles. The predicted octanol–water partition coefficient (Wildman–Crippen LogP) is 2.45. The van der Waals surface area contributed by atoms with Crippen LogP contribution in [0.3, 0.4) is 0 Å². The molecular formula is C21H25N3O3. The SMILES string of the molecule is Cc1cccc(OCC(=O)N2CCCN(C(=O)c3ccncc3)CC2)c1C. The molecule has 0 atom stereocenters. The van der Waals surface area contributed by atoms with Crippen molar-refractivity contribution in [3.63, 3.8) is 0 Å². The fourth-order valence-corrected chi connectivity index (χ4v) is 3.16. The summed E-state index contributed by atoms with van der Waals surface area (Å²) < 4.78 is 5.74. The number of pyridine rings is 1. The van der Waals surface area contributed by atoms with Gasteiger partial charge in [-0.3, -0.25) is 14.6 Å². The van der Waals surface area contributed by atoms with Gasteiger partial charge >= 0.3 is 0 Å². The number of rotatable bonds is 4. The fourth-order valence-electron chi connectivity index (χ4n) is 3.16. The van der Waals surface area contributed by atoms with Crippen molar-refractivity contribution in [1.82, 2.24) is 14.8 Å². The highest BCUT2D eigenvalue weighted by Crippen LogP contribution is 2.20. The highest BCUT2D eigenvalue weighted by Gasteiger charge is 2.23. The van der Waals surface area contributed by atoms with E-state index in [1.165, 1.54) is 0 Å². The number of benzene rings is 1. The van der Waals surface area contributed by atoms with Crippen LogP contribution in [0.2, 0.25) is 0 Å². The number of carbonyl (C=O) groups excluding carboxylic acids is 2. The topological polar surface area (TPSA) is 62.7 Å². The Kier molecular flexibility index (Phi) is 6.06. The average molecular weight is 367 g/mol. The minimum absolute atomic E-state index is 0.0154. The zero-order valence-electron chi connectivity index (χ0n) is 15.9. The highest BCUT2D eigenvalue weighted by atomic mass is 16.5. The van der Waals surface area contributed by atoms with Gasteiger partial charge in [0, 0.05) is 44.1 Å². The molecule has 6 nitrogen and oxygen atoms in total. The molecule has 142 valence electrons. The lowest BCUT2D eigenvalue weighted by molar-refractivity contribution is -0.133. The number of nitrogens with zero attached hydrogens (tertiary/aromatic N) is 3. The normalized spacial score (nSPS) is 14.6. The van der Waals surface area contributed by atoms with E-state index in [4.69, 9.17) is 4.74 Å². The van der Waals surface area contributed by atoms with Crippen molar-refractivity contribution >= 4 is 11.8 Å². The third kappa shape index (κ3) is 4.64. The standard InChI is InChI=1S/C21H25N3O3/c1-16-5-3-6-19(17(16)2)27-15-20(25)23-11-4-12-24(14-13-23)21(26)18-7-9-22-10-8-18/h3,5-10H,4,11-15H2,1-2H3. The number of aromatic nitrogens is 1. The summed E-state index contributed by atoms with van der Waals surface area (Å²) in [6, 6.07) is 9.26. The van der Waals surface area contributed by atoms with Gasteiger partial charge in [0.25, 0.3) is 11.8 Å². The van der Waals surface area contributed by atoms with Crippen LogP contribution < -0.4 is 4.74 Å². The molecule has 2 amide bonds. The molecule has 1 aliphatic rings. The molecular weight excluding hydrogens is 342 g/mol. The van der Waals surface area contributed by atoms with Crippen LogP contribution in [0.25, 0.3) is 0 Å². The molecule has 0 aliphatic carbocycles. The van der Waals surface area contributed by atoms with E-state index in [0.29, 0.717) is 31.7 Å². The van der Waals surface area contributed by atoms with Gasteiger partial charge in [0.05, 0.1) is 0 Å². The van der Waals surface area contributed by atoms with Gasteiger partial charge in [-0.25, -0.2) is 0 Å². The summed E-state index contributed by atoms with van der Waals surface area (Å²) in [5, 5.41) is 0. The first kappa shape index (κ1) is 18.9. The first-order chi connectivity index (χ1) is 13.1. The Morgan fingerprint density at radius 2 is 1.70 bits per heavy atom. The van der Waals surface area contributed by atoms with Gasteiger partial charge in [-0.15, -0.1) is 0 Å². The maximum absolute atomic E-state index is 12.6. The molecule has 0 bridgehead atoms. The first-order valence-corrected chi connectivity index (χ1v) is 9.22. The lowest BCUT2D eigenvalue weighted by atomic mass is 10.1. The second kappa shape index (κ2) is 8.66. The Bertz CT molecular complexity index is 808. The highest BCUT2D eigenvalue weighted by molar-refractivity contribution is 5.94. The van der Waals surface area contributed by atoms with Gasteiger partial charge in [0.15, 0.2) is 6.61 Å². The van der Waals surface area contributed by atoms with Crippen molar-refractivity contribution in [1.29, 1.82) is 0 Å². The lowest BCUT2D eigenvalue weighted by Crippen LogP contribution is -2.39. The third-order valence-corrected chi connectivity index (χ3v) is 4.97. The van der Waals surface area contributed by atoms with E-state index >= 15 is 0 Å². The zero-order valence-corrected chi connectivity index (χ0v) is 15.9. The van der Waals surface area contributed by atoms with E-state index in [0.717, 1.165) is 23.3 Å². The predicted molar refractivity (Wildman–Crippen MR) is 103 cm³/mol. The lowest BCUT2D eigenvalue weighted by Gasteiger charge is -2.22. The Balaban J connectivity index is 1.55. The van der Waals surface area contributed by atoms with Crippen molar-refractivity contribution in [2.75, 3.05) is 32.8 Å².